The molecule has 7 heteroatoms. The summed E-state index contributed by atoms with van der Waals surface area (Å²) in [5.41, 5.74) is 1.90. The number of hydrogen-bond donors (Lipinski definition) is 2. The zero-order valence-corrected chi connectivity index (χ0v) is 16.7. The first-order valence-electron chi connectivity index (χ1n) is 9.63. The summed E-state index contributed by atoms with van der Waals surface area (Å²) in [7, 11) is 0. The first-order chi connectivity index (χ1) is 15.0. The maximum atomic E-state index is 12.8. The zero-order valence-electron chi connectivity index (χ0n) is 16.7. The Morgan fingerprint density at radius 1 is 0.774 bits per heavy atom. The first-order valence-corrected chi connectivity index (χ1v) is 9.63. The summed E-state index contributed by atoms with van der Waals surface area (Å²) in [6.45, 7) is 0.496. The Kier molecular flexibility index (Phi) is 7.26. The molecule has 0 unspecified atom stereocenters. The van der Waals surface area contributed by atoms with E-state index in [2.05, 4.69) is 10.6 Å². The van der Waals surface area contributed by atoms with Crippen LogP contribution >= 0.6 is 0 Å². The third-order valence-electron chi connectivity index (χ3n) is 4.47. The van der Waals surface area contributed by atoms with E-state index in [0.29, 0.717) is 5.56 Å². The van der Waals surface area contributed by atoms with Gasteiger partial charge in [-0.15, -0.1) is 0 Å². The van der Waals surface area contributed by atoms with Gasteiger partial charge in [0.25, 0.3) is 17.5 Å². The predicted octanol–water partition coefficient (Wildman–Crippen LogP) is 3.61. The fraction of sp³-hybridized carbons (Fsp3) is 0.0833. The number of non-ortho nitro benzene ring substituents is 1. The summed E-state index contributed by atoms with van der Waals surface area (Å²) in [5, 5.41) is 16.5. The maximum Gasteiger partial charge on any atom is 0.270 e. The summed E-state index contributed by atoms with van der Waals surface area (Å²) in [6.07, 6.45) is 1.35. The molecule has 31 heavy (non-hydrogen) atoms. The van der Waals surface area contributed by atoms with Gasteiger partial charge >= 0.3 is 0 Å². The Morgan fingerprint density at radius 2 is 1.29 bits per heavy atom. The van der Waals surface area contributed by atoms with Gasteiger partial charge in [-0.05, 0) is 22.8 Å². The molecule has 0 aromatic heterocycles. The molecule has 0 bridgehead atoms. The van der Waals surface area contributed by atoms with Crippen molar-refractivity contribution in [1.29, 1.82) is 0 Å². The molecule has 7 nitrogen and oxygen atoms in total. The number of nitrogens with zero attached hydrogens (tertiary/aromatic N) is 1. The Hall–Kier alpha value is -4.26. The molecule has 3 aromatic rings. The van der Waals surface area contributed by atoms with Crippen molar-refractivity contribution in [3.05, 3.63) is 117 Å². The second-order valence-corrected chi connectivity index (χ2v) is 6.75. The van der Waals surface area contributed by atoms with Crippen LogP contribution < -0.4 is 10.6 Å². The number of carbonyl (C=O) groups is 2. The van der Waals surface area contributed by atoms with Crippen molar-refractivity contribution < 1.29 is 14.5 Å². The maximum absolute atomic E-state index is 12.8. The molecular formula is C24H21N3O4. The molecule has 156 valence electrons. The molecule has 0 aliphatic heterocycles. The summed E-state index contributed by atoms with van der Waals surface area (Å²) in [4.78, 5) is 36.2. The third-order valence-corrected chi connectivity index (χ3v) is 4.47. The number of hydrogen-bond acceptors (Lipinski definition) is 4. The van der Waals surface area contributed by atoms with E-state index < -0.39 is 16.7 Å². The lowest BCUT2D eigenvalue weighted by molar-refractivity contribution is -0.384. The van der Waals surface area contributed by atoms with Gasteiger partial charge in [0.05, 0.1) is 4.92 Å². The quantitative estimate of drug-likeness (QED) is 0.193. The average Bonchev–Trinajstić information content (AvgIpc) is 2.81. The van der Waals surface area contributed by atoms with Crippen molar-refractivity contribution in [2.24, 2.45) is 0 Å². The molecule has 0 saturated heterocycles. The van der Waals surface area contributed by atoms with Crippen LogP contribution in [0.25, 0.3) is 6.08 Å². The molecule has 0 radical (unpaired) electrons. The van der Waals surface area contributed by atoms with Crippen molar-refractivity contribution in [3.8, 4) is 0 Å². The number of nitrogens with one attached hydrogen (secondary N) is 2. The number of nitro benzene ring substituents is 1. The van der Waals surface area contributed by atoms with Gasteiger partial charge in [-0.1, -0.05) is 72.8 Å². The van der Waals surface area contributed by atoms with Gasteiger partial charge < -0.3 is 10.6 Å². The highest BCUT2D eigenvalue weighted by Gasteiger charge is 2.19. The van der Waals surface area contributed by atoms with Crippen LogP contribution in [0.1, 0.15) is 16.7 Å². The summed E-state index contributed by atoms with van der Waals surface area (Å²) >= 11 is 0. The number of nitro groups is 1. The zero-order chi connectivity index (χ0) is 22.1. The van der Waals surface area contributed by atoms with E-state index in [1.807, 2.05) is 60.7 Å². The molecular weight excluding hydrogens is 394 g/mol. The van der Waals surface area contributed by atoms with E-state index in [4.69, 9.17) is 0 Å². The SMILES string of the molecule is O=C(NCc1ccccc1)C(=Cc1cccc([N+](=O)[O-])c1)C(=O)NCc1ccccc1. The van der Waals surface area contributed by atoms with Crippen LogP contribution in [0.4, 0.5) is 5.69 Å². The number of rotatable bonds is 8. The highest BCUT2D eigenvalue weighted by atomic mass is 16.6. The van der Waals surface area contributed by atoms with E-state index in [1.54, 1.807) is 6.07 Å². The van der Waals surface area contributed by atoms with Gasteiger partial charge in [-0.2, -0.15) is 0 Å². The smallest absolute Gasteiger partial charge is 0.270 e. The molecule has 0 atom stereocenters. The highest BCUT2D eigenvalue weighted by molar-refractivity contribution is 6.21. The van der Waals surface area contributed by atoms with Crippen LogP contribution in [0.5, 0.6) is 0 Å². The molecule has 0 saturated carbocycles. The molecule has 3 rings (SSSR count). The summed E-state index contributed by atoms with van der Waals surface area (Å²) in [5.74, 6) is -1.14. The highest BCUT2D eigenvalue weighted by Crippen LogP contribution is 2.16. The topological polar surface area (TPSA) is 101 Å². The standard InChI is InChI=1S/C24H21N3O4/c28-23(25-16-18-8-3-1-4-9-18)22(15-20-12-7-13-21(14-20)27(30)31)24(29)26-17-19-10-5-2-6-11-19/h1-15H,16-17H2,(H,25,28)(H,26,29). The minimum atomic E-state index is -0.569. The summed E-state index contributed by atoms with van der Waals surface area (Å²) < 4.78 is 0. The van der Waals surface area contributed by atoms with E-state index in [-0.39, 0.29) is 24.4 Å². The fourth-order valence-corrected chi connectivity index (χ4v) is 2.88. The van der Waals surface area contributed by atoms with Crippen LogP contribution in [0.15, 0.2) is 90.5 Å². The van der Waals surface area contributed by atoms with Gasteiger partial charge in [-0.3, -0.25) is 19.7 Å². The number of benzene rings is 3. The van der Waals surface area contributed by atoms with E-state index in [0.717, 1.165) is 11.1 Å². The molecule has 0 fully saturated rings. The molecule has 0 spiro atoms. The lowest BCUT2D eigenvalue weighted by atomic mass is 10.1. The lowest BCUT2D eigenvalue weighted by Crippen LogP contribution is -2.34. The van der Waals surface area contributed by atoms with Crippen molar-refractivity contribution >= 4 is 23.6 Å². The van der Waals surface area contributed by atoms with Crippen molar-refractivity contribution in [2.75, 3.05) is 0 Å². The molecule has 0 aliphatic carbocycles. The Bertz CT molecular complexity index is 1040. The van der Waals surface area contributed by atoms with Crippen LogP contribution in [-0.4, -0.2) is 16.7 Å². The Balaban J connectivity index is 1.81. The van der Waals surface area contributed by atoms with Crippen LogP contribution in [0, 0.1) is 10.1 Å². The normalized spacial score (nSPS) is 10.1. The lowest BCUT2D eigenvalue weighted by Gasteiger charge is -2.11. The van der Waals surface area contributed by atoms with Crippen molar-refractivity contribution in [2.45, 2.75) is 13.1 Å². The van der Waals surface area contributed by atoms with Gasteiger partial charge in [0.1, 0.15) is 5.57 Å². The Morgan fingerprint density at radius 3 is 1.77 bits per heavy atom. The van der Waals surface area contributed by atoms with Crippen molar-refractivity contribution in [3.63, 3.8) is 0 Å². The van der Waals surface area contributed by atoms with Gasteiger partial charge in [-0.25, -0.2) is 0 Å². The molecule has 2 amide bonds. The van der Waals surface area contributed by atoms with Crippen LogP contribution in [0.3, 0.4) is 0 Å². The monoisotopic (exact) mass is 415 g/mol. The second kappa shape index (κ2) is 10.5. The number of carbonyl (C=O) groups excluding carboxylic acids is 2. The third kappa shape index (κ3) is 6.37. The van der Waals surface area contributed by atoms with Crippen LogP contribution in [-0.2, 0) is 22.7 Å². The largest absolute Gasteiger partial charge is 0.348 e. The first kappa shape index (κ1) is 21.4. The summed E-state index contributed by atoms with van der Waals surface area (Å²) in [6, 6.07) is 24.4. The molecule has 3 aromatic carbocycles. The van der Waals surface area contributed by atoms with Gasteiger partial charge in [0.15, 0.2) is 0 Å². The van der Waals surface area contributed by atoms with Crippen molar-refractivity contribution in [1.82, 2.24) is 10.6 Å². The van der Waals surface area contributed by atoms with Gasteiger partial charge in [0, 0.05) is 25.2 Å². The van der Waals surface area contributed by atoms with E-state index in [9.17, 15) is 19.7 Å². The van der Waals surface area contributed by atoms with E-state index >= 15 is 0 Å². The Labute approximate surface area is 179 Å². The fourth-order valence-electron chi connectivity index (χ4n) is 2.88. The average molecular weight is 415 g/mol. The van der Waals surface area contributed by atoms with Crippen LogP contribution in [0.2, 0.25) is 0 Å². The minimum Gasteiger partial charge on any atom is -0.348 e. The van der Waals surface area contributed by atoms with E-state index in [1.165, 1.54) is 24.3 Å². The molecule has 0 aliphatic rings. The van der Waals surface area contributed by atoms with Gasteiger partial charge in [0.2, 0.25) is 0 Å². The molecule has 2 N–H and O–H groups in total. The minimum absolute atomic E-state index is 0.123. The number of amides is 2. The second-order valence-electron chi connectivity index (χ2n) is 6.75. The predicted molar refractivity (Wildman–Crippen MR) is 118 cm³/mol. The molecule has 0 heterocycles.